The SMILES string of the molecule is CC(=O)OCC1OC(Oc2ccc(C(=O)NC(C)c3ccccc3)cc2)C(OC(C)=O)C(OC(C)=O)C1OC(C)=O. The molecule has 1 aliphatic heterocycles. The lowest BCUT2D eigenvalue weighted by Gasteiger charge is -2.43. The van der Waals surface area contributed by atoms with Gasteiger partial charge in [0.2, 0.25) is 12.4 Å². The van der Waals surface area contributed by atoms with Crippen LogP contribution in [0.5, 0.6) is 5.75 Å². The second kappa shape index (κ2) is 14.3. The summed E-state index contributed by atoms with van der Waals surface area (Å²) in [4.78, 5) is 60.1. The fraction of sp³-hybridized carbons (Fsp3) is 0.414. The summed E-state index contributed by atoms with van der Waals surface area (Å²) in [6, 6.07) is 15.4. The predicted octanol–water partition coefficient (Wildman–Crippen LogP) is 2.64. The first-order valence-electron chi connectivity index (χ1n) is 12.9. The van der Waals surface area contributed by atoms with E-state index in [0.717, 1.165) is 26.3 Å². The van der Waals surface area contributed by atoms with Crippen LogP contribution < -0.4 is 10.1 Å². The molecular formula is C29H33NO11. The highest BCUT2D eigenvalue weighted by Gasteiger charge is 2.53. The van der Waals surface area contributed by atoms with Gasteiger partial charge in [-0.25, -0.2) is 0 Å². The van der Waals surface area contributed by atoms with Gasteiger partial charge >= 0.3 is 23.9 Å². The van der Waals surface area contributed by atoms with Crippen molar-refractivity contribution < 1.29 is 52.4 Å². The van der Waals surface area contributed by atoms with Crippen LogP contribution in [0.3, 0.4) is 0 Å². The lowest BCUT2D eigenvalue weighted by atomic mass is 9.98. The third-order valence-corrected chi connectivity index (χ3v) is 5.96. The molecular weight excluding hydrogens is 538 g/mol. The first kappa shape index (κ1) is 31.1. The molecule has 0 bridgehead atoms. The first-order valence-corrected chi connectivity index (χ1v) is 12.9. The van der Waals surface area contributed by atoms with Crippen LogP contribution in [0, 0.1) is 0 Å². The van der Waals surface area contributed by atoms with E-state index in [1.807, 2.05) is 37.3 Å². The van der Waals surface area contributed by atoms with Crippen molar-refractivity contribution in [1.82, 2.24) is 5.32 Å². The monoisotopic (exact) mass is 571 g/mol. The summed E-state index contributed by atoms with van der Waals surface area (Å²) in [6.45, 7) is 6.07. The minimum atomic E-state index is -1.38. The van der Waals surface area contributed by atoms with Gasteiger partial charge < -0.3 is 33.7 Å². The summed E-state index contributed by atoms with van der Waals surface area (Å²) < 4.78 is 33.1. The Labute approximate surface area is 237 Å². The van der Waals surface area contributed by atoms with Crippen molar-refractivity contribution in [3.05, 3.63) is 65.7 Å². The van der Waals surface area contributed by atoms with Crippen molar-refractivity contribution in [3.8, 4) is 5.75 Å². The molecule has 220 valence electrons. The molecule has 0 radical (unpaired) electrons. The Morgan fingerprint density at radius 3 is 1.88 bits per heavy atom. The molecule has 6 unspecified atom stereocenters. The van der Waals surface area contributed by atoms with E-state index in [2.05, 4.69) is 5.32 Å². The lowest BCUT2D eigenvalue weighted by molar-refractivity contribution is -0.288. The smallest absolute Gasteiger partial charge is 0.303 e. The van der Waals surface area contributed by atoms with Gasteiger partial charge in [0.25, 0.3) is 5.91 Å². The maximum Gasteiger partial charge on any atom is 0.303 e. The van der Waals surface area contributed by atoms with Crippen LogP contribution in [0.2, 0.25) is 0 Å². The van der Waals surface area contributed by atoms with Crippen molar-refractivity contribution in [2.24, 2.45) is 0 Å². The standard InChI is InChI=1S/C29H33NO11/c1-16(21-9-7-6-8-10-21)30-28(35)22-11-13-23(14-12-22)40-29-27(39-20(5)34)26(38-19(4)33)25(37-18(3)32)24(41-29)15-36-17(2)31/h6-14,16,24-27,29H,15H2,1-5H3,(H,30,35). The Balaban J connectivity index is 1.84. The number of hydrogen-bond acceptors (Lipinski definition) is 11. The maximum absolute atomic E-state index is 12.8. The molecule has 1 amide bonds. The Kier molecular flexibility index (Phi) is 10.8. The summed E-state index contributed by atoms with van der Waals surface area (Å²) >= 11 is 0. The molecule has 12 nitrogen and oxygen atoms in total. The largest absolute Gasteiger partial charge is 0.463 e. The quantitative estimate of drug-likeness (QED) is 0.331. The van der Waals surface area contributed by atoms with Crippen molar-refractivity contribution in [2.45, 2.75) is 71.4 Å². The van der Waals surface area contributed by atoms with E-state index in [9.17, 15) is 24.0 Å². The molecule has 3 rings (SSSR count). The number of amides is 1. The molecule has 1 heterocycles. The zero-order chi connectivity index (χ0) is 30.1. The summed E-state index contributed by atoms with van der Waals surface area (Å²) in [7, 11) is 0. The van der Waals surface area contributed by atoms with Crippen LogP contribution in [0.15, 0.2) is 54.6 Å². The number of hydrogen-bond donors (Lipinski definition) is 1. The molecule has 0 spiro atoms. The van der Waals surface area contributed by atoms with Crippen LogP contribution in [0.1, 0.15) is 56.6 Å². The van der Waals surface area contributed by atoms with Gasteiger partial charge in [-0.05, 0) is 36.8 Å². The summed E-state index contributed by atoms with van der Waals surface area (Å²) in [5, 5.41) is 2.92. The molecule has 1 N–H and O–H groups in total. The molecule has 0 saturated carbocycles. The van der Waals surface area contributed by atoms with Gasteiger partial charge in [-0.2, -0.15) is 0 Å². The van der Waals surface area contributed by atoms with Gasteiger partial charge in [-0.1, -0.05) is 30.3 Å². The third-order valence-electron chi connectivity index (χ3n) is 5.96. The normalized spacial score (nSPS) is 22.4. The summed E-state index contributed by atoms with van der Waals surface area (Å²) in [5.41, 5.74) is 1.31. The number of rotatable bonds is 10. The van der Waals surface area contributed by atoms with Crippen molar-refractivity contribution in [2.75, 3.05) is 6.61 Å². The molecule has 2 aromatic rings. The van der Waals surface area contributed by atoms with Gasteiger partial charge in [-0.3, -0.25) is 24.0 Å². The van der Waals surface area contributed by atoms with E-state index in [0.29, 0.717) is 5.56 Å². The van der Waals surface area contributed by atoms with E-state index in [-0.39, 0.29) is 24.3 Å². The zero-order valence-electron chi connectivity index (χ0n) is 23.4. The van der Waals surface area contributed by atoms with Gasteiger partial charge in [0.15, 0.2) is 12.2 Å². The average molecular weight is 572 g/mol. The molecule has 2 aromatic carbocycles. The van der Waals surface area contributed by atoms with Crippen LogP contribution in [0.4, 0.5) is 0 Å². The highest BCUT2D eigenvalue weighted by atomic mass is 16.7. The van der Waals surface area contributed by atoms with Gasteiger partial charge in [0, 0.05) is 33.3 Å². The average Bonchev–Trinajstić information content (AvgIpc) is 2.91. The fourth-order valence-corrected chi connectivity index (χ4v) is 4.21. The Bertz CT molecular complexity index is 1230. The zero-order valence-corrected chi connectivity index (χ0v) is 23.4. The van der Waals surface area contributed by atoms with E-state index >= 15 is 0 Å². The first-order chi connectivity index (χ1) is 19.4. The van der Waals surface area contributed by atoms with Crippen molar-refractivity contribution in [1.29, 1.82) is 0 Å². The van der Waals surface area contributed by atoms with E-state index in [1.165, 1.54) is 31.2 Å². The van der Waals surface area contributed by atoms with Crippen LogP contribution in [0.25, 0.3) is 0 Å². The van der Waals surface area contributed by atoms with Crippen LogP contribution in [-0.4, -0.2) is 67.1 Å². The number of ether oxygens (including phenoxy) is 6. The number of carbonyl (C=O) groups excluding carboxylic acids is 5. The van der Waals surface area contributed by atoms with Crippen LogP contribution >= 0.6 is 0 Å². The summed E-state index contributed by atoms with van der Waals surface area (Å²) in [5.74, 6) is -2.95. The maximum atomic E-state index is 12.8. The molecule has 1 fully saturated rings. The number of nitrogens with one attached hydrogen (secondary N) is 1. The Morgan fingerprint density at radius 2 is 1.32 bits per heavy atom. The van der Waals surface area contributed by atoms with E-state index in [1.54, 1.807) is 0 Å². The predicted molar refractivity (Wildman–Crippen MR) is 141 cm³/mol. The van der Waals surface area contributed by atoms with Crippen molar-refractivity contribution in [3.63, 3.8) is 0 Å². The minimum Gasteiger partial charge on any atom is -0.463 e. The summed E-state index contributed by atoms with van der Waals surface area (Å²) in [6.07, 6.45) is -6.55. The molecule has 6 atom stereocenters. The van der Waals surface area contributed by atoms with Crippen LogP contribution in [-0.2, 0) is 42.9 Å². The second-order valence-electron chi connectivity index (χ2n) is 9.32. The molecule has 12 heteroatoms. The lowest BCUT2D eigenvalue weighted by Crippen LogP contribution is -2.63. The highest BCUT2D eigenvalue weighted by Crippen LogP contribution is 2.31. The fourth-order valence-electron chi connectivity index (χ4n) is 4.21. The number of carbonyl (C=O) groups is 5. The molecule has 1 saturated heterocycles. The Morgan fingerprint density at radius 1 is 0.756 bits per heavy atom. The van der Waals surface area contributed by atoms with Gasteiger partial charge in [0.1, 0.15) is 18.5 Å². The molecule has 0 aliphatic carbocycles. The van der Waals surface area contributed by atoms with Crippen molar-refractivity contribution >= 4 is 29.8 Å². The molecule has 1 aliphatic rings. The minimum absolute atomic E-state index is 0.221. The van der Waals surface area contributed by atoms with Gasteiger partial charge in [0.05, 0.1) is 6.04 Å². The van der Waals surface area contributed by atoms with E-state index < -0.39 is 54.6 Å². The third kappa shape index (κ3) is 9.04. The van der Waals surface area contributed by atoms with E-state index in [4.69, 9.17) is 28.4 Å². The molecule has 0 aromatic heterocycles. The highest BCUT2D eigenvalue weighted by molar-refractivity contribution is 5.94. The number of esters is 4. The van der Waals surface area contributed by atoms with Gasteiger partial charge in [-0.15, -0.1) is 0 Å². The Hall–Kier alpha value is -4.45. The topological polar surface area (TPSA) is 153 Å². The molecule has 41 heavy (non-hydrogen) atoms. The second-order valence-corrected chi connectivity index (χ2v) is 9.32. The number of benzene rings is 2.